The molecule has 3 aromatic rings. The molecule has 0 radical (unpaired) electrons. The van der Waals surface area contributed by atoms with Gasteiger partial charge in [-0.2, -0.15) is 0 Å². The van der Waals surface area contributed by atoms with Gasteiger partial charge in [-0.25, -0.2) is 4.98 Å². The van der Waals surface area contributed by atoms with Gasteiger partial charge in [-0.05, 0) is 43.2 Å². The topological polar surface area (TPSA) is 95.1 Å². The van der Waals surface area contributed by atoms with Crippen LogP contribution in [0.4, 0.5) is 0 Å². The van der Waals surface area contributed by atoms with Crippen LogP contribution in [-0.4, -0.2) is 52.0 Å². The number of pyridine rings is 1. The van der Waals surface area contributed by atoms with Gasteiger partial charge in [0.1, 0.15) is 5.75 Å². The highest BCUT2D eigenvalue weighted by Gasteiger charge is 2.21. The Bertz CT molecular complexity index is 1090. The zero-order valence-corrected chi connectivity index (χ0v) is 18.3. The molecule has 3 rings (SSSR count). The number of aryl methyl sites for hydroxylation is 1. The van der Waals surface area contributed by atoms with Crippen LogP contribution in [0.15, 0.2) is 48.7 Å². The molecule has 0 saturated heterocycles. The normalized spacial score (nSPS) is 11.8. The molecule has 0 saturated carbocycles. The minimum absolute atomic E-state index is 0.00461. The van der Waals surface area contributed by atoms with Crippen molar-refractivity contribution in [3.8, 4) is 5.75 Å². The Morgan fingerprint density at radius 2 is 2.03 bits per heavy atom. The Hall–Kier alpha value is -3.48. The van der Waals surface area contributed by atoms with E-state index in [9.17, 15) is 4.79 Å². The summed E-state index contributed by atoms with van der Waals surface area (Å²) in [4.78, 5) is 19.1. The van der Waals surface area contributed by atoms with Crippen LogP contribution in [0.1, 0.15) is 31.0 Å². The number of likely N-dealkylation sites (N-methyl/N-ethyl adjacent to an activating group) is 1. The van der Waals surface area contributed by atoms with Crippen molar-refractivity contribution in [2.45, 2.75) is 39.3 Å². The van der Waals surface area contributed by atoms with Crippen LogP contribution in [0, 0.1) is 17.7 Å². The summed E-state index contributed by atoms with van der Waals surface area (Å²) in [7, 11) is 1.83. The van der Waals surface area contributed by atoms with Crippen molar-refractivity contribution in [2.75, 3.05) is 13.7 Å². The molecule has 0 spiro atoms. The van der Waals surface area contributed by atoms with Crippen LogP contribution >= 0.6 is 0 Å². The molecule has 1 amide bonds. The first-order valence-corrected chi connectivity index (χ1v) is 10.4. The summed E-state index contributed by atoms with van der Waals surface area (Å²) in [6, 6.07) is 13.3. The van der Waals surface area contributed by atoms with E-state index < -0.39 is 0 Å². The van der Waals surface area contributed by atoms with Gasteiger partial charge >= 0.3 is 0 Å². The lowest BCUT2D eigenvalue weighted by Gasteiger charge is -2.29. The molecular weight excluding hydrogens is 390 g/mol. The van der Waals surface area contributed by atoms with Crippen LogP contribution in [0.3, 0.4) is 0 Å². The molecule has 31 heavy (non-hydrogen) atoms. The fraction of sp³-hybridized carbons (Fsp3) is 0.333. The number of para-hydroxylation sites is 1. The number of fused-ring (bicyclic) bond motifs is 1. The summed E-state index contributed by atoms with van der Waals surface area (Å²) in [6.07, 6.45) is 4.78. The highest BCUT2D eigenvalue weighted by molar-refractivity contribution is 6.35. The third-order valence-corrected chi connectivity index (χ3v) is 5.46. The van der Waals surface area contributed by atoms with E-state index in [1.165, 1.54) is 0 Å². The molecule has 0 aliphatic rings. The number of nitrogens with zero attached hydrogens (tertiary/aromatic N) is 3. The van der Waals surface area contributed by atoms with Gasteiger partial charge in [0.25, 0.3) is 5.91 Å². The zero-order chi connectivity index (χ0) is 22.4. The van der Waals surface area contributed by atoms with Crippen LogP contribution in [0.25, 0.3) is 11.0 Å². The molecule has 0 fully saturated rings. The van der Waals surface area contributed by atoms with Crippen LogP contribution in [0.5, 0.6) is 5.75 Å². The number of nitrogens with one attached hydrogen (secondary N) is 2. The number of amides is 1. The highest BCUT2D eigenvalue weighted by atomic mass is 16.5. The summed E-state index contributed by atoms with van der Waals surface area (Å²) in [5.74, 6) is 0.670. The average molecular weight is 420 g/mol. The van der Waals surface area contributed by atoms with Crippen molar-refractivity contribution in [1.29, 1.82) is 10.8 Å². The summed E-state index contributed by atoms with van der Waals surface area (Å²) in [6.45, 7) is 4.72. The maximum atomic E-state index is 12.8. The van der Waals surface area contributed by atoms with Crippen molar-refractivity contribution in [2.24, 2.45) is 0 Å². The lowest BCUT2D eigenvalue weighted by molar-refractivity contribution is -0.134. The van der Waals surface area contributed by atoms with Gasteiger partial charge in [-0.1, -0.05) is 31.5 Å². The second-order valence-electron chi connectivity index (χ2n) is 7.63. The predicted octanol–water partition coefficient (Wildman–Crippen LogP) is 4.07. The minimum Gasteiger partial charge on any atom is -0.484 e. The summed E-state index contributed by atoms with van der Waals surface area (Å²) in [5, 5.41) is 15.0. The Morgan fingerprint density at radius 3 is 2.74 bits per heavy atom. The Kier molecular flexibility index (Phi) is 7.18. The molecule has 2 aromatic heterocycles. The van der Waals surface area contributed by atoms with Crippen LogP contribution in [-0.2, 0) is 11.3 Å². The van der Waals surface area contributed by atoms with Crippen LogP contribution in [0.2, 0.25) is 0 Å². The molecule has 2 heterocycles. The third kappa shape index (κ3) is 5.17. The standard InChI is InChI=1S/C24H29N5O2/c1-4-7-18(28(3)24(30)16-31-23-9-6-5-8-17(23)2)15-29-13-12-21-22(29)11-10-20(27-21)19(26)14-25/h5-6,8-14,18,25-26H,4,7,15-16H2,1-3H3. The Labute approximate surface area is 182 Å². The first-order chi connectivity index (χ1) is 14.9. The van der Waals surface area contributed by atoms with Crippen molar-refractivity contribution in [3.05, 3.63) is 59.9 Å². The van der Waals surface area contributed by atoms with Crippen molar-refractivity contribution < 1.29 is 9.53 Å². The van der Waals surface area contributed by atoms with Gasteiger partial charge in [0.2, 0.25) is 0 Å². The van der Waals surface area contributed by atoms with E-state index in [-0.39, 0.29) is 24.3 Å². The first-order valence-electron chi connectivity index (χ1n) is 10.4. The molecule has 7 nitrogen and oxygen atoms in total. The third-order valence-electron chi connectivity index (χ3n) is 5.46. The van der Waals surface area contributed by atoms with Crippen molar-refractivity contribution >= 4 is 28.9 Å². The highest BCUT2D eigenvalue weighted by Crippen LogP contribution is 2.19. The number of hydrogen-bond donors (Lipinski definition) is 2. The Balaban J connectivity index is 1.72. The molecule has 0 bridgehead atoms. The lowest BCUT2D eigenvalue weighted by Crippen LogP contribution is -2.42. The van der Waals surface area contributed by atoms with E-state index >= 15 is 0 Å². The number of ether oxygens (including phenoxy) is 1. The molecule has 1 atom stereocenters. The fourth-order valence-electron chi connectivity index (χ4n) is 3.59. The van der Waals surface area contributed by atoms with Gasteiger partial charge in [-0.15, -0.1) is 0 Å². The van der Waals surface area contributed by atoms with Gasteiger partial charge in [0, 0.05) is 32.0 Å². The summed E-state index contributed by atoms with van der Waals surface area (Å²) < 4.78 is 7.84. The quantitative estimate of drug-likeness (QED) is 0.485. The monoisotopic (exact) mass is 419 g/mol. The molecule has 0 aliphatic carbocycles. The SMILES string of the molecule is CCCC(Cn1ccc2nc(C(=N)C=N)ccc21)N(C)C(=O)COc1ccccc1C. The van der Waals surface area contributed by atoms with Crippen molar-refractivity contribution in [3.63, 3.8) is 0 Å². The molecule has 1 unspecified atom stereocenters. The first kappa shape index (κ1) is 22.2. The van der Waals surface area contributed by atoms with E-state index in [0.717, 1.165) is 41.4 Å². The van der Waals surface area contributed by atoms with Crippen molar-refractivity contribution in [1.82, 2.24) is 14.5 Å². The van der Waals surface area contributed by atoms with Crippen LogP contribution < -0.4 is 4.74 Å². The van der Waals surface area contributed by atoms with E-state index in [0.29, 0.717) is 12.2 Å². The van der Waals surface area contributed by atoms with E-state index in [1.54, 1.807) is 11.0 Å². The van der Waals surface area contributed by atoms with Gasteiger partial charge in [0.05, 0.1) is 22.4 Å². The van der Waals surface area contributed by atoms with E-state index in [1.807, 2.05) is 56.6 Å². The molecule has 7 heteroatoms. The lowest BCUT2D eigenvalue weighted by atomic mass is 10.1. The van der Waals surface area contributed by atoms with Gasteiger partial charge in [0.15, 0.2) is 6.61 Å². The fourth-order valence-corrected chi connectivity index (χ4v) is 3.59. The molecule has 162 valence electrons. The average Bonchev–Trinajstić information content (AvgIpc) is 3.19. The van der Waals surface area contributed by atoms with Gasteiger partial charge < -0.3 is 19.6 Å². The maximum absolute atomic E-state index is 12.8. The van der Waals surface area contributed by atoms with Gasteiger partial charge in [-0.3, -0.25) is 10.2 Å². The number of benzene rings is 1. The number of hydrogen-bond acceptors (Lipinski definition) is 5. The van der Waals surface area contributed by atoms with E-state index in [4.69, 9.17) is 15.6 Å². The summed E-state index contributed by atoms with van der Waals surface area (Å²) in [5.41, 5.74) is 3.28. The largest absolute Gasteiger partial charge is 0.484 e. The molecule has 2 N–H and O–H groups in total. The molecule has 1 aromatic carbocycles. The zero-order valence-electron chi connectivity index (χ0n) is 18.3. The number of rotatable bonds is 10. The predicted molar refractivity (Wildman–Crippen MR) is 123 cm³/mol. The number of carbonyl (C=O) groups is 1. The number of aromatic nitrogens is 2. The molecule has 0 aliphatic heterocycles. The minimum atomic E-state index is -0.0574. The second-order valence-corrected chi connectivity index (χ2v) is 7.63. The molecular formula is C24H29N5O2. The second kappa shape index (κ2) is 10.0. The smallest absolute Gasteiger partial charge is 0.260 e. The summed E-state index contributed by atoms with van der Waals surface area (Å²) >= 11 is 0. The Morgan fingerprint density at radius 1 is 1.26 bits per heavy atom. The number of carbonyl (C=O) groups excluding carboxylic acids is 1. The maximum Gasteiger partial charge on any atom is 0.260 e. The van der Waals surface area contributed by atoms with E-state index in [2.05, 4.69) is 16.5 Å².